The maximum atomic E-state index is 11.1. The number of hydrogen-bond acceptors (Lipinski definition) is 1. The van der Waals surface area contributed by atoms with Crippen molar-refractivity contribution in [1.29, 1.82) is 0 Å². The van der Waals surface area contributed by atoms with Gasteiger partial charge in [-0.1, -0.05) is 26.8 Å². The van der Waals surface area contributed by atoms with E-state index in [1.807, 2.05) is 0 Å². The van der Waals surface area contributed by atoms with Crippen LogP contribution in [0.2, 0.25) is 0 Å². The van der Waals surface area contributed by atoms with Crippen molar-refractivity contribution < 1.29 is 9.90 Å². The van der Waals surface area contributed by atoms with Crippen molar-refractivity contribution >= 4 is 5.97 Å². The van der Waals surface area contributed by atoms with Crippen molar-refractivity contribution in [3.05, 3.63) is 12.2 Å². The molecule has 17 heavy (non-hydrogen) atoms. The fourth-order valence-electron chi connectivity index (χ4n) is 4.08. The van der Waals surface area contributed by atoms with Gasteiger partial charge in [0.2, 0.25) is 0 Å². The van der Waals surface area contributed by atoms with E-state index in [1.165, 1.54) is 25.7 Å². The highest BCUT2D eigenvalue weighted by Gasteiger charge is 2.42. The number of aliphatic carboxylic acids is 1. The summed E-state index contributed by atoms with van der Waals surface area (Å²) in [4.78, 5) is 11.1. The third-order valence-electron chi connectivity index (χ3n) is 5.12. The summed E-state index contributed by atoms with van der Waals surface area (Å²) in [7, 11) is 0. The third-order valence-corrected chi connectivity index (χ3v) is 5.12. The van der Waals surface area contributed by atoms with Gasteiger partial charge in [0.1, 0.15) is 0 Å². The minimum absolute atomic E-state index is 0.233. The summed E-state index contributed by atoms with van der Waals surface area (Å²) >= 11 is 0. The molecule has 2 aliphatic carbocycles. The zero-order valence-corrected chi connectivity index (χ0v) is 11.0. The Hall–Kier alpha value is -0.790. The van der Waals surface area contributed by atoms with Gasteiger partial charge in [0.25, 0.3) is 0 Å². The first-order valence-corrected chi connectivity index (χ1v) is 6.92. The molecule has 2 aliphatic rings. The lowest BCUT2D eigenvalue weighted by atomic mass is 9.58. The van der Waals surface area contributed by atoms with Crippen molar-refractivity contribution in [2.45, 2.75) is 46.0 Å². The largest absolute Gasteiger partial charge is 0.478 e. The smallest absolute Gasteiger partial charge is 0.331 e. The number of fused-ring (bicyclic) bond motifs is 1. The fourth-order valence-corrected chi connectivity index (χ4v) is 4.08. The van der Waals surface area contributed by atoms with Gasteiger partial charge in [0, 0.05) is 5.57 Å². The molecule has 0 aliphatic heterocycles. The van der Waals surface area contributed by atoms with Crippen LogP contribution >= 0.6 is 0 Å². The average Bonchev–Trinajstić information content (AvgIpc) is 2.28. The van der Waals surface area contributed by atoms with Crippen LogP contribution in [0.5, 0.6) is 0 Å². The molecule has 0 spiro atoms. The van der Waals surface area contributed by atoms with Crippen LogP contribution in [0.15, 0.2) is 12.2 Å². The zero-order valence-electron chi connectivity index (χ0n) is 11.0. The Balaban J connectivity index is 2.17. The predicted molar refractivity (Wildman–Crippen MR) is 68.7 cm³/mol. The first-order chi connectivity index (χ1) is 8.00. The molecule has 0 aromatic rings. The van der Waals surface area contributed by atoms with Gasteiger partial charge in [-0.15, -0.1) is 0 Å². The third kappa shape index (κ3) is 2.41. The van der Waals surface area contributed by atoms with Gasteiger partial charge in [0.15, 0.2) is 0 Å². The SMILES string of the molecule is C=C(C(=O)O)C1CCC(C)C2CCC(C)CC12. The molecule has 0 radical (unpaired) electrons. The molecule has 0 aromatic carbocycles. The topological polar surface area (TPSA) is 37.3 Å². The minimum atomic E-state index is -0.790. The van der Waals surface area contributed by atoms with Crippen LogP contribution in [0.4, 0.5) is 0 Å². The molecule has 0 bridgehead atoms. The second-order valence-corrected chi connectivity index (χ2v) is 6.24. The molecule has 0 aromatic heterocycles. The first-order valence-electron chi connectivity index (χ1n) is 6.92. The predicted octanol–water partition coefficient (Wildman–Crippen LogP) is 3.73. The fraction of sp³-hybridized carbons (Fsp3) is 0.800. The highest BCUT2D eigenvalue weighted by atomic mass is 16.4. The van der Waals surface area contributed by atoms with Crippen LogP contribution in [0.25, 0.3) is 0 Å². The van der Waals surface area contributed by atoms with Crippen LogP contribution in [0.3, 0.4) is 0 Å². The molecule has 2 rings (SSSR count). The molecule has 0 amide bonds. The molecule has 0 heterocycles. The molecule has 5 unspecified atom stereocenters. The van der Waals surface area contributed by atoms with Crippen molar-refractivity contribution in [3.63, 3.8) is 0 Å². The van der Waals surface area contributed by atoms with Gasteiger partial charge >= 0.3 is 5.97 Å². The van der Waals surface area contributed by atoms with E-state index in [4.69, 9.17) is 5.11 Å². The lowest BCUT2D eigenvalue weighted by molar-refractivity contribution is -0.134. The van der Waals surface area contributed by atoms with Crippen LogP contribution in [0, 0.1) is 29.6 Å². The average molecular weight is 236 g/mol. The Kier molecular flexibility index (Phi) is 3.60. The van der Waals surface area contributed by atoms with E-state index in [0.29, 0.717) is 11.5 Å². The summed E-state index contributed by atoms with van der Waals surface area (Å²) in [5.74, 6) is 2.28. The quantitative estimate of drug-likeness (QED) is 0.742. The van der Waals surface area contributed by atoms with Gasteiger partial charge < -0.3 is 5.11 Å². The maximum Gasteiger partial charge on any atom is 0.331 e. The second kappa shape index (κ2) is 4.83. The summed E-state index contributed by atoms with van der Waals surface area (Å²) in [6.07, 6.45) is 6.01. The number of carboxylic acid groups (broad SMARTS) is 1. The van der Waals surface area contributed by atoms with E-state index in [9.17, 15) is 4.79 Å². The lowest BCUT2D eigenvalue weighted by Gasteiger charge is -2.46. The highest BCUT2D eigenvalue weighted by Crippen LogP contribution is 2.50. The van der Waals surface area contributed by atoms with Crippen molar-refractivity contribution in [2.24, 2.45) is 29.6 Å². The van der Waals surface area contributed by atoms with Gasteiger partial charge in [-0.2, -0.15) is 0 Å². The Morgan fingerprint density at radius 2 is 1.82 bits per heavy atom. The maximum absolute atomic E-state index is 11.1. The van der Waals surface area contributed by atoms with E-state index < -0.39 is 5.97 Å². The van der Waals surface area contributed by atoms with Crippen LogP contribution in [0.1, 0.15) is 46.0 Å². The number of carboxylic acids is 1. The summed E-state index contributed by atoms with van der Waals surface area (Å²) in [6, 6.07) is 0. The minimum Gasteiger partial charge on any atom is -0.478 e. The van der Waals surface area contributed by atoms with Gasteiger partial charge in [-0.3, -0.25) is 0 Å². The van der Waals surface area contributed by atoms with Crippen LogP contribution < -0.4 is 0 Å². The van der Waals surface area contributed by atoms with Gasteiger partial charge in [0.05, 0.1) is 0 Å². The molecular weight excluding hydrogens is 212 g/mol. The van der Waals surface area contributed by atoms with Crippen molar-refractivity contribution in [3.8, 4) is 0 Å². The number of carbonyl (C=O) groups is 1. The molecule has 2 fully saturated rings. The normalized spacial score (nSPS) is 41.6. The lowest BCUT2D eigenvalue weighted by Crippen LogP contribution is -2.39. The van der Waals surface area contributed by atoms with E-state index in [1.54, 1.807) is 0 Å². The Labute approximate surface area is 104 Å². The number of rotatable bonds is 2. The second-order valence-electron chi connectivity index (χ2n) is 6.24. The molecular formula is C15H24O2. The van der Waals surface area contributed by atoms with Gasteiger partial charge in [-0.05, 0) is 55.3 Å². The van der Waals surface area contributed by atoms with Crippen LogP contribution in [-0.4, -0.2) is 11.1 Å². The summed E-state index contributed by atoms with van der Waals surface area (Å²) in [5.41, 5.74) is 0.459. The summed E-state index contributed by atoms with van der Waals surface area (Å²) < 4.78 is 0. The monoisotopic (exact) mass is 236 g/mol. The van der Waals surface area contributed by atoms with E-state index in [2.05, 4.69) is 20.4 Å². The molecule has 0 saturated heterocycles. The zero-order chi connectivity index (χ0) is 12.6. The van der Waals surface area contributed by atoms with E-state index in [-0.39, 0.29) is 5.92 Å². The molecule has 2 saturated carbocycles. The molecule has 1 N–H and O–H groups in total. The highest BCUT2D eigenvalue weighted by molar-refractivity contribution is 5.86. The summed E-state index contributed by atoms with van der Waals surface area (Å²) in [5, 5.41) is 9.16. The molecule has 2 nitrogen and oxygen atoms in total. The van der Waals surface area contributed by atoms with Crippen LogP contribution in [-0.2, 0) is 4.79 Å². The van der Waals surface area contributed by atoms with E-state index >= 15 is 0 Å². The van der Waals surface area contributed by atoms with Crippen molar-refractivity contribution in [2.75, 3.05) is 0 Å². The Morgan fingerprint density at radius 3 is 2.47 bits per heavy atom. The molecule has 5 atom stereocenters. The molecule has 96 valence electrons. The van der Waals surface area contributed by atoms with Gasteiger partial charge in [-0.25, -0.2) is 4.79 Å². The Bertz CT molecular complexity index is 321. The first kappa shape index (κ1) is 12.7. The van der Waals surface area contributed by atoms with E-state index in [0.717, 1.165) is 24.2 Å². The summed E-state index contributed by atoms with van der Waals surface area (Å²) in [6.45, 7) is 8.46. The van der Waals surface area contributed by atoms with Crippen molar-refractivity contribution in [1.82, 2.24) is 0 Å². The molecule has 2 heteroatoms. The number of hydrogen-bond donors (Lipinski definition) is 1. The Morgan fingerprint density at radius 1 is 1.12 bits per heavy atom. The standard InChI is InChI=1S/C15H24O2/c1-9-4-6-12-10(2)5-7-13(14(12)8-9)11(3)15(16)17/h9-10,12-14H,3-8H2,1-2H3,(H,16,17).